The Labute approximate surface area is 116 Å². The highest BCUT2D eigenvalue weighted by molar-refractivity contribution is 5.80. The summed E-state index contributed by atoms with van der Waals surface area (Å²) in [6, 6.07) is 0. The monoisotopic (exact) mass is 272 g/mol. The second-order valence-corrected chi connectivity index (χ2v) is 5.27. The van der Waals surface area contributed by atoms with Crippen LogP contribution in [0.15, 0.2) is 0 Å². The number of methoxy groups -OCH3 is 1. The highest BCUT2D eigenvalue weighted by Crippen LogP contribution is 2.15. The molecule has 112 valence electrons. The number of hydrogen-bond donors (Lipinski definition) is 1. The van der Waals surface area contributed by atoms with Crippen LogP contribution in [0.5, 0.6) is 0 Å². The molecule has 1 aliphatic heterocycles. The van der Waals surface area contributed by atoms with Gasteiger partial charge in [-0.3, -0.25) is 4.79 Å². The molecule has 5 nitrogen and oxygen atoms in total. The highest BCUT2D eigenvalue weighted by Gasteiger charge is 2.32. The Balaban J connectivity index is 2.36. The molecule has 0 amide bonds. The molecular formula is C14H28N2O3. The van der Waals surface area contributed by atoms with Crippen molar-refractivity contribution in [1.82, 2.24) is 10.2 Å². The molecule has 0 spiro atoms. The van der Waals surface area contributed by atoms with Gasteiger partial charge in [0.2, 0.25) is 0 Å². The number of rotatable bonds is 7. The summed E-state index contributed by atoms with van der Waals surface area (Å²) in [4.78, 5) is 14.3. The van der Waals surface area contributed by atoms with Crippen LogP contribution < -0.4 is 5.32 Å². The van der Waals surface area contributed by atoms with Crippen LogP contribution in [0, 0.1) is 0 Å². The Kier molecular flexibility index (Phi) is 7.34. The van der Waals surface area contributed by atoms with Crippen molar-refractivity contribution < 1.29 is 14.3 Å². The minimum absolute atomic E-state index is 0.173. The number of carbonyl (C=O) groups excluding carboxylic acids is 1. The van der Waals surface area contributed by atoms with Gasteiger partial charge in [-0.05, 0) is 39.3 Å². The Hall–Kier alpha value is -0.650. The van der Waals surface area contributed by atoms with E-state index in [1.54, 1.807) is 0 Å². The lowest BCUT2D eigenvalue weighted by atomic mass is 9.95. The van der Waals surface area contributed by atoms with Crippen LogP contribution in [-0.4, -0.2) is 62.9 Å². The summed E-state index contributed by atoms with van der Waals surface area (Å²) < 4.78 is 10.3. The number of hydrogen-bond acceptors (Lipinski definition) is 5. The maximum absolute atomic E-state index is 11.8. The molecule has 1 heterocycles. The zero-order chi connectivity index (χ0) is 14.1. The van der Waals surface area contributed by atoms with E-state index in [0.717, 1.165) is 58.7 Å². The predicted molar refractivity (Wildman–Crippen MR) is 75.2 cm³/mol. The summed E-state index contributed by atoms with van der Waals surface area (Å²) in [7, 11) is 1.45. The van der Waals surface area contributed by atoms with Gasteiger partial charge in [0.25, 0.3) is 0 Å². The van der Waals surface area contributed by atoms with Gasteiger partial charge in [0.1, 0.15) is 5.54 Å². The molecule has 1 fully saturated rings. The van der Waals surface area contributed by atoms with E-state index >= 15 is 0 Å². The third-order valence-electron chi connectivity index (χ3n) is 3.67. The maximum atomic E-state index is 11.8. The molecule has 1 aliphatic rings. The number of esters is 1. The standard InChI is InChI=1S/C14H28N2O3/c1-4-15-14(2,13(17)18-3)7-5-8-16-9-6-11-19-12-10-16/h15H,4-12H2,1-3H3. The fourth-order valence-electron chi connectivity index (χ4n) is 2.56. The molecule has 1 N–H and O–H groups in total. The lowest BCUT2D eigenvalue weighted by Gasteiger charge is -2.28. The average molecular weight is 272 g/mol. The second kappa shape index (κ2) is 8.51. The molecule has 0 aromatic carbocycles. The van der Waals surface area contributed by atoms with Crippen LogP contribution in [0.2, 0.25) is 0 Å². The first-order valence-electron chi connectivity index (χ1n) is 7.26. The quantitative estimate of drug-likeness (QED) is 0.702. The molecule has 1 saturated heterocycles. The van der Waals surface area contributed by atoms with E-state index in [4.69, 9.17) is 9.47 Å². The van der Waals surface area contributed by atoms with E-state index in [-0.39, 0.29) is 5.97 Å². The number of ether oxygens (including phenoxy) is 2. The van der Waals surface area contributed by atoms with Crippen molar-refractivity contribution in [3.05, 3.63) is 0 Å². The van der Waals surface area contributed by atoms with Crippen LogP contribution in [0.1, 0.15) is 33.1 Å². The van der Waals surface area contributed by atoms with E-state index in [1.807, 2.05) is 13.8 Å². The van der Waals surface area contributed by atoms with Gasteiger partial charge in [0.05, 0.1) is 13.7 Å². The number of nitrogens with one attached hydrogen (secondary N) is 1. The zero-order valence-corrected chi connectivity index (χ0v) is 12.5. The van der Waals surface area contributed by atoms with E-state index in [1.165, 1.54) is 7.11 Å². The summed E-state index contributed by atoms with van der Waals surface area (Å²) in [6.07, 6.45) is 2.88. The third-order valence-corrected chi connectivity index (χ3v) is 3.67. The van der Waals surface area contributed by atoms with E-state index in [0.29, 0.717) is 0 Å². The zero-order valence-electron chi connectivity index (χ0n) is 12.5. The molecule has 0 bridgehead atoms. The lowest BCUT2D eigenvalue weighted by Crippen LogP contribution is -2.50. The third kappa shape index (κ3) is 5.47. The molecule has 0 aliphatic carbocycles. The summed E-state index contributed by atoms with van der Waals surface area (Å²) in [5, 5.41) is 3.24. The van der Waals surface area contributed by atoms with Gasteiger partial charge >= 0.3 is 5.97 Å². The lowest BCUT2D eigenvalue weighted by molar-refractivity contribution is -0.148. The number of carbonyl (C=O) groups is 1. The molecule has 19 heavy (non-hydrogen) atoms. The van der Waals surface area contributed by atoms with Crippen LogP contribution >= 0.6 is 0 Å². The molecule has 1 rings (SSSR count). The van der Waals surface area contributed by atoms with E-state index in [2.05, 4.69) is 10.2 Å². The van der Waals surface area contributed by atoms with Crippen molar-refractivity contribution >= 4 is 5.97 Å². The molecule has 0 radical (unpaired) electrons. The van der Waals surface area contributed by atoms with Gasteiger partial charge in [-0.1, -0.05) is 6.92 Å². The Bertz CT molecular complexity index is 265. The molecule has 0 saturated carbocycles. The summed E-state index contributed by atoms with van der Waals surface area (Å²) in [5.41, 5.74) is -0.564. The normalized spacial score (nSPS) is 20.6. The van der Waals surface area contributed by atoms with E-state index < -0.39 is 5.54 Å². The van der Waals surface area contributed by atoms with Crippen molar-refractivity contribution in [3.8, 4) is 0 Å². The van der Waals surface area contributed by atoms with Crippen molar-refractivity contribution in [2.24, 2.45) is 0 Å². The second-order valence-electron chi connectivity index (χ2n) is 5.27. The first-order chi connectivity index (χ1) is 9.12. The number of likely N-dealkylation sites (N-methyl/N-ethyl adjacent to an activating group) is 1. The topological polar surface area (TPSA) is 50.8 Å². The van der Waals surface area contributed by atoms with Gasteiger partial charge in [-0.25, -0.2) is 0 Å². The molecule has 0 aromatic rings. The van der Waals surface area contributed by atoms with Crippen molar-refractivity contribution in [2.75, 3.05) is 46.5 Å². The van der Waals surface area contributed by atoms with Gasteiger partial charge in [0.15, 0.2) is 0 Å². The first kappa shape index (κ1) is 16.4. The minimum Gasteiger partial charge on any atom is -0.468 e. The summed E-state index contributed by atoms with van der Waals surface area (Å²) in [6.45, 7) is 9.49. The molecule has 1 atom stereocenters. The maximum Gasteiger partial charge on any atom is 0.325 e. The molecule has 1 unspecified atom stereocenters. The largest absolute Gasteiger partial charge is 0.468 e. The van der Waals surface area contributed by atoms with Gasteiger partial charge in [-0.15, -0.1) is 0 Å². The van der Waals surface area contributed by atoms with Crippen LogP contribution in [0.3, 0.4) is 0 Å². The average Bonchev–Trinajstić information content (AvgIpc) is 2.67. The van der Waals surface area contributed by atoms with Crippen LogP contribution in [-0.2, 0) is 14.3 Å². The van der Waals surface area contributed by atoms with Gasteiger partial charge in [-0.2, -0.15) is 0 Å². The molecule has 5 heteroatoms. The smallest absolute Gasteiger partial charge is 0.325 e. The van der Waals surface area contributed by atoms with Crippen molar-refractivity contribution in [1.29, 1.82) is 0 Å². The van der Waals surface area contributed by atoms with Crippen LogP contribution in [0.25, 0.3) is 0 Å². The Morgan fingerprint density at radius 3 is 2.89 bits per heavy atom. The fraction of sp³-hybridized carbons (Fsp3) is 0.929. The van der Waals surface area contributed by atoms with Crippen molar-refractivity contribution in [2.45, 2.75) is 38.6 Å². The van der Waals surface area contributed by atoms with Gasteiger partial charge in [0, 0.05) is 19.7 Å². The SMILES string of the molecule is CCNC(C)(CCCN1CCCOCC1)C(=O)OC. The Morgan fingerprint density at radius 1 is 1.42 bits per heavy atom. The van der Waals surface area contributed by atoms with Crippen LogP contribution in [0.4, 0.5) is 0 Å². The Morgan fingerprint density at radius 2 is 2.21 bits per heavy atom. The van der Waals surface area contributed by atoms with Gasteiger partial charge < -0.3 is 19.7 Å². The predicted octanol–water partition coefficient (Wildman–Crippen LogP) is 1.03. The first-order valence-corrected chi connectivity index (χ1v) is 7.26. The highest BCUT2D eigenvalue weighted by atomic mass is 16.5. The minimum atomic E-state index is -0.564. The number of nitrogens with zero attached hydrogens (tertiary/aromatic N) is 1. The summed E-state index contributed by atoms with van der Waals surface area (Å²) in [5.74, 6) is -0.173. The molecule has 0 aromatic heterocycles. The van der Waals surface area contributed by atoms with E-state index in [9.17, 15) is 4.79 Å². The fourth-order valence-corrected chi connectivity index (χ4v) is 2.56. The van der Waals surface area contributed by atoms with Crippen molar-refractivity contribution in [3.63, 3.8) is 0 Å². The molecular weight excluding hydrogens is 244 g/mol. The summed E-state index contributed by atoms with van der Waals surface area (Å²) >= 11 is 0.